The van der Waals surface area contributed by atoms with Crippen LogP contribution in [-0.4, -0.2) is 27.1 Å². The van der Waals surface area contributed by atoms with Gasteiger partial charge in [0.25, 0.3) is 5.91 Å². The van der Waals surface area contributed by atoms with Gasteiger partial charge in [-0.05, 0) is 73.0 Å². The Morgan fingerprint density at radius 3 is 2.54 bits per heavy atom. The maximum absolute atomic E-state index is 13.1. The number of benzene rings is 2. The van der Waals surface area contributed by atoms with E-state index in [0.717, 1.165) is 12.0 Å². The van der Waals surface area contributed by atoms with Crippen LogP contribution in [0.4, 0.5) is 10.1 Å². The minimum absolute atomic E-state index is 0.180. The normalized spacial score (nSPS) is 14.0. The number of carbonyl (C=O) groups excluding carboxylic acids is 1. The van der Waals surface area contributed by atoms with Gasteiger partial charge in [0.05, 0.1) is 4.90 Å². The molecule has 0 unspecified atom stereocenters. The lowest BCUT2D eigenvalue weighted by molar-refractivity contribution is 0.0959. The summed E-state index contributed by atoms with van der Waals surface area (Å²) in [6.07, 6.45) is 2.61. The van der Waals surface area contributed by atoms with Crippen LogP contribution < -0.4 is 4.90 Å². The fourth-order valence-corrected chi connectivity index (χ4v) is 4.04. The second-order valence-electron chi connectivity index (χ2n) is 6.79. The molecule has 1 aliphatic rings. The lowest BCUT2D eigenvalue weighted by Gasteiger charge is -2.29. The maximum atomic E-state index is 13.1. The fraction of sp³-hybridized carbons (Fsp3) is 0.190. The minimum Gasteiger partial charge on any atom is -0.451 e. The number of amides is 1. The van der Waals surface area contributed by atoms with Gasteiger partial charge in [-0.25, -0.2) is 12.8 Å². The summed E-state index contributed by atoms with van der Waals surface area (Å²) in [6.45, 7) is 0.524. The molecule has 5 nitrogen and oxygen atoms in total. The van der Waals surface area contributed by atoms with Crippen molar-refractivity contribution in [2.45, 2.75) is 17.7 Å². The van der Waals surface area contributed by atoms with Crippen molar-refractivity contribution < 1.29 is 22.0 Å². The third kappa shape index (κ3) is 3.45. The molecular formula is C21H18FNO4S. The summed E-state index contributed by atoms with van der Waals surface area (Å²) >= 11 is 0. The summed E-state index contributed by atoms with van der Waals surface area (Å²) in [5, 5.41) is 0. The van der Waals surface area contributed by atoms with E-state index >= 15 is 0 Å². The number of furan rings is 1. The molecule has 0 bridgehead atoms. The van der Waals surface area contributed by atoms with Gasteiger partial charge in [0.1, 0.15) is 11.6 Å². The van der Waals surface area contributed by atoms with Gasteiger partial charge in [-0.15, -0.1) is 0 Å². The Bertz CT molecular complexity index is 1150. The van der Waals surface area contributed by atoms with Gasteiger partial charge in [0, 0.05) is 24.1 Å². The molecule has 0 aliphatic carbocycles. The summed E-state index contributed by atoms with van der Waals surface area (Å²) in [7, 11) is -3.31. The third-order valence-corrected chi connectivity index (χ3v) is 5.90. The maximum Gasteiger partial charge on any atom is 0.293 e. The molecule has 0 spiro atoms. The average molecular weight is 399 g/mol. The van der Waals surface area contributed by atoms with E-state index in [0.29, 0.717) is 30.0 Å². The topological polar surface area (TPSA) is 67.6 Å². The standard InChI is InChI=1S/C21H18FNO4S/c1-28(25,26)17-8-9-18-15(13-17)3-2-12-23(18)21(24)20-11-10-19(27-20)14-4-6-16(22)7-5-14/h4-11,13H,2-3,12H2,1H3. The van der Waals surface area contributed by atoms with Crippen LogP contribution >= 0.6 is 0 Å². The Kier molecular flexibility index (Phi) is 4.55. The van der Waals surface area contributed by atoms with Crippen molar-refractivity contribution in [2.75, 3.05) is 17.7 Å². The first-order valence-corrected chi connectivity index (χ1v) is 10.7. The highest BCUT2D eigenvalue weighted by molar-refractivity contribution is 7.90. The Hall–Kier alpha value is -2.93. The molecule has 1 amide bonds. The van der Waals surface area contributed by atoms with Crippen molar-refractivity contribution in [3.63, 3.8) is 0 Å². The number of hydrogen-bond acceptors (Lipinski definition) is 4. The molecule has 0 fully saturated rings. The van der Waals surface area contributed by atoms with Gasteiger partial charge in [-0.2, -0.15) is 0 Å². The second-order valence-corrected chi connectivity index (χ2v) is 8.81. The lowest BCUT2D eigenvalue weighted by atomic mass is 10.0. The van der Waals surface area contributed by atoms with Crippen LogP contribution in [-0.2, 0) is 16.3 Å². The summed E-state index contributed by atoms with van der Waals surface area (Å²) in [6, 6.07) is 13.9. The zero-order chi connectivity index (χ0) is 19.9. The summed E-state index contributed by atoms with van der Waals surface area (Å²) in [5.41, 5.74) is 2.20. The minimum atomic E-state index is -3.31. The van der Waals surface area contributed by atoms with E-state index in [2.05, 4.69) is 0 Å². The molecular weight excluding hydrogens is 381 g/mol. The highest BCUT2D eigenvalue weighted by Crippen LogP contribution is 2.31. The van der Waals surface area contributed by atoms with Gasteiger partial charge in [-0.3, -0.25) is 4.79 Å². The number of aryl methyl sites for hydroxylation is 1. The average Bonchev–Trinajstić information content (AvgIpc) is 3.16. The first kappa shape index (κ1) is 18.4. The number of carbonyl (C=O) groups is 1. The lowest BCUT2D eigenvalue weighted by Crippen LogP contribution is -2.35. The van der Waals surface area contributed by atoms with E-state index in [1.54, 1.807) is 41.3 Å². The summed E-state index contributed by atoms with van der Waals surface area (Å²) in [5.74, 6) is 0.0266. The van der Waals surface area contributed by atoms with Crippen LogP contribution in [0.3, 0.4) is 0 Å². The molecule has 2 heterocycles. The summed E-state index contributed by atoms with van der Waals surface area (Å²) < 4.78 is 42.4. The quantitative estimate of drug-likeness (QED) is 0.666. The third-order valence-electron chi connectivity index (χ3n) is 4.79. The van der Waals surface area contributed by atoms with Crippen molar-refractivity contribution >= 4 is 21.4 Å². The predicted octanol–water partition coefficient (Wildman–Crippen LogP) is 4.08. The van der Waals surface area contributed by atoms with Crippen molar-refractivity contribution in [2.24, 2.45) is 0 Å². The Morgan fingerprint density at radius 1 is 1.07 bits per heavy atom. The Balaban J connectivity index is 1.64. The number of nitrogens with zero attached hydrogens (tertiary/aromatic N) is 1. The molecule has 0 atom stereocenters. The number of rotatable bonds is 3. The molecule has 144 valence electrons. The molecule has 1 aromatic heterocycles. The zero-order valence-corrected chi connectivity index (χ0v) is 16.0. The predicted molar refractivity (Wildman–Crippen MR) is 104 cm³/mol. The van der Waals surface area contributed by atoms with Crippen LogP contribution in [0.25, 0.3) is 11.3 Å². The van der Waals surface area contributed by atoms with Crippen LogP contribution in [0.1, 0.15) is 22.5 Å². The van der Waals surface area contributed by atoms with Crippen molar-refractivity contribution in [1.82, 2.24) is 0 Å². The van der Waals surface area contributed by atoms with Gasteiger partial charge >= 0.3 is 0 Å². The van der Waals surface area contributed by atoms with E-state index in [1.807, 2.05) is 0 Å². The van der Waals surface area contributed by atoms with Crippen LogP contribution in [0.5, 0.6) is 0 Å². The van der Waals surface area contributed by atoms with Crippen LogP contribution in [0.2, 0.25) is 0 Å². The largest absolute Gasteiger partial charge is 0.451 e. The van der Waals surface area contributed by atoms with Crippen molar-refractivity contribution in [3.8, 4) is 11.3 Å². The molecule has 0 saturated carbocycles. The molecule has 0 N–H and O–H groups in total. The van der Waals surface area contributed by atoms with E-state index < -0.39 is 9.84 Å². The monoisotopic (exact) mass is 399 g/mol. The number of hydrogen-bond donors (Lipinski definition) is 0. The molecule has 7 heteroatoms. The number of halogens is 1. The smallest absolute Gasteiger partial charge is 0.293 e. The van der Waals surface area contributed by atoms with Crippen LogP contribution in [0.15, 0.2) is 63.9 Å². The first-order chi connectivity index (χ1) is 13.3. The molecule has 28 heavy (non-hydrogen) atoms. The number of fused-ring (bicyclic) bond motifs is 1. The molecule has 0 radical (unpaired) electrons. The van der Waals surface area contributed by atoms with E-state index in [-0.39, 0.29) is 22.4 Å². The SMILES string of the molecule is CS(=O)(=O)c1ccc2c(c1)CCCN2C(=O)c1ccc(-c2ccc(F)cc2)o1. The molecule has 0 saturated heterocycles. The van der Waals surface area contributed by atoms with Gasteiger partial charge < -0.3 is 9.32 Å². The number of sulfone groups is 1. The second kappa shape index (κ2) is 6.91. The summed E-state index contributed by atoms with van der Waals surface area (Å²) in [4.78, 5) is 14.9. The Morgan fingerprint density at radius 2 is 1.82 bits per heavy atom. The van der Waals surface area contributed by atoms with E-state index in [1.165, 1.54) is 24.5 Å². The molecule has 2 aromatic carbocycles. The molecule has 4 rings (SSSR count). The number of anilines is 1. The Labute approximate surface area is 162 Å². The van der Waals surface area contributed by atoms with Crippen molar-refractivity contribution in [1.29, 1.82) is 0 Å². The van der Waals surface area contributed by atoms with Gasteiger partial charge in [0.2, 0.25) is 0 Å². The highest BCUT2D eigenvalue weighted by atomic mass is 32.2. The molecule has 3 aromatic rings. The highest BCUT2D eigenvalue weighted by Gasteiger charge is 2.26. The van der Waals surface area contributed by atoms with E-state index in [9.17, 15) is 17.6 Å². The fourth-order valence-electron chi connectivity index (χ4n) is 3.37. The first-order valence-electron chi connectivity index (χ1n) is 8.83. The van der Waals surface area contributed by atoms with Crippen molar-refractivity contribution in [3.05, 3.63) is 71.7 Å². The van der Waals surface area contributed by atoms with E-state index in [4.69, 9.17) is 4.42 Å². The molecule has 1 aliphatic heterocycles. The zero-order valence-electron chi connectivity index (χ0n) is 15.2. The van der Waals surface area contributed by atoms with Crippen LogP contribution in [0, 0.1) is 5.82 Å². The van der Waals surface area contributed by atoms with Gasteiger partial charge in [-0.1, -0.05) is 0 Å². The van der Waals surface area contributed by atoms with Gasteiger partial charge in [0.15, 0.2) is 15.6 Å².